The molecule has 0 bridgehead atoms. The highest BCUT2D eigenvalue weighted by Crippen LogP contribution is 2.08. The van der Waals surface area contributed by atoms with Crippen LogP contribution in [0.1, 0.15) is 58.3 Å². The number of carbonyl (C=O) groups is 1. The van der Waals surface area contributed by atoms with Crippen LogP contribution < -0.4 is 0 Å². The van der Waals surface area contributed by atoms with Crippen molar-refractivity contribution in [2.75, 3.05) is 13.2 Å². The van der Waals surface area contributed by atoms with Crippen molar-refractivity contribution in [2.24, 2.45) is 0 Å². The van der Waals surface area contributed by atoms with Crippen molar-refractivity contribution in [3.05, 3.63) is 0 Å². The van der Waals surface area contributed by atoms with Crippen molar-refractivity contribution in [3.8, 4) is 0 Å². The summed E-state index contributed by atoms with van der Waals surface area (Å²) in [7, 11) is 0. The molecule has 0 aliphatic carbocycles. The fraction of sp³-hybridized carbons (Fsp3) is 0.846. The van der Waals surface area contributed by atoms with Crippen LogP contribution in [0.2, 0.25) is 0 Å². The highest BCUT2D eigenvalue weighted by atomic mass is 16.6. The van der Waals surface area contributed by atoms with Crippen LogP contribution in [0.25, 0.3) is 0 Å². The Balaban J connectivity index is 3.07. The standard InChI is InChI=1S/C13H23O4/c1-2-3-4-5-6-7-8-9-10-17-13(15)11-16-12-14/h2-11H2,1H3. The minimum Gasteiger partial charge on any atom is -0.463 e. The zero-order valence-electron chi connectivity index (χ0n) is 10.7. The first kappa shape index (κ1) is 15.9. The van der Waals surface area contributed by atoms with Gasteiger partial charge in [-0.05, 0) is 6.42 Å². The van der Waals surface area contributed by atoms with Gasteiger partial charge in [-0.15, -0.1) is 0 Å². The van der Waals surface area contributed by atoms with Gasteiger partial charge in [0.05, 0.1) is 6.61 Å². The molecule has 0 saturated heterocycles. The molecule has 99 valence electrons. The van der Waals surface area contributed by atoms with E-state index in [1.807, 2.05) is 0 Å². The Hall–Kier alpha value is -1.06. The van der Waals surface area contributed by atoms with Gasteiger partial charge in [-0.1, -0.05) is 51.9 Å². The Morgan fingerprint density at radius 3 is 2.18 bits per heavy atom. The largest absolute Gasteiger partial charge is 0.463 e. The van der Waals surface area contributed by atoms with Gasteiger partial charge in [0.25, 0.3) is 0 Å². The van der Waals surface area contributed by atoms with Gasteiger partial charge in [0, 0.05) is 0 Å². The molecular weight excluding hydrogens is 220 g/mol. The quantitative estimate of drug-likeness (QED) is 0.390. The Morgan fingerprint density at radius 1 is 1.00 bits per heavy atom. The Kier molecular flexibility index (Phi) is 12.2. The molecule has 0 unspecified atom stereocenters. The maximum atomic E-state index is 10.9. The third-order valence-electron chi connectivity index (χ3n) is 2.51. The van der Waals surface area contributed by atoms with Crippen molar-refractivity contribution in [1.82, 2.24) is 0 Å². The first-order valence-electron chi connectivity index (χ1n) is 6.45. The average Bonchev–Trinajstić information content (AvgIpc) is 2.34. The summed E-state index contributed by atoms with van der Waals surface area (Å²) in [6.07, 6.45) is 9.64. The molecule has 0 rings (SSSR count). The smallest absolute Gasteiger partial charge is 0.418 e. The van der Waals surface area contributed by atoms with Crippen LogP contribution in [0.4, 0.5) is 0 Å². The van der Waals surface area contributed by atoms with E-state index in [2.05, 4.69) is 11.7 Å². The second-order valence-electron chi connectivity index (χ2n) is 4.07. The first-order valence-corrected chi connectivity index (χ1v) is 6.45. The fourth-order valence-corrected chi connectivity index (χ4v) is 1.55. The van der Waals surface area contributed by atoms with Crippen LogP contribution in [0, 0.1) is 0 Å². The SMILES string of the molecule is CCCCCCCCCCOC(=O)CO[C]=O. The topological polar surface area (TPSA) is 52.6 Å². The van der Waals surface area contributed by atoms with E-state index in [0.717, 1.165) is 12.8 Å². The zero-order valence-corrected chi connectivity index (χ0v) is 10.7. The second kappa shape index (κ2) is 13.0. The number of unbranched alkanes of at least 4 members (excludes halogenated alkanes) is 7. The monoisotopic (exact) mass is 243 g/mol. The summed E-state index contributed by atoms with van der Waals surface area (Å²) < 4.78 is 8.99. The van der Waals surface area contributed by atoms with Gasteiger partial charge < -0.3 is 9.47 Å². The minimum atomic E-state index is -0.503. The Morgan fingerprint density at radius 2 is 1.59 bits per heavy atom. The highest BCUT2D eigenvalue weighted by Gasteiger charge is 2.02. The van der Waals surface area contributed by atoms with Crippen LogP contribution in [-0.4, -0.2) is 25.7 Å². The van der Waals surface area contributed by atoms with E-state index in [9.17, 15) is 9.59 Å². The zero-order chi connectivity index (χ0) is 12.8. The summed E-state index contributed by atoms with van der Waals surface area (Å²) in [5.74, 6) is -0.503. The van der Waals surface area contributed by atoms with Gasteiger partial charge in [0.1, 0.15) is 0 Å². The molecule has 0 amide bonds. The summed E-state index contributed by atoms with van der Waals surface area (Å²) >= 11 is 0. The Labute approximate surface area is 104 Å². The lowest BCUT2D eigenvalue weighted by Gasteiger charge is -2.03. The van der Waals surface area contributed by atoms with Crippen LogP contribution in [-0.2, 0) is 19.1 Å². The summed E-state index contributed by atoms with van der Waals surface area (Å²) in [6.45, 7) is 3.47. The van der Waals surface area contributed by atoms with E-state index in [-0.39, 0.29) is 6.61 Å². The molecule has 0 aliphatic rings. The van der Waals surface area contributed by atoms with Crippen molar-refractivity contribution in [2.45, 2.75) is 58.3 Å². The average molecular weight is 243 g/mol. The van der Waals surface area contributed by atoms with E-state index in [0.29, 0.717) is 6.61 Å². The molecule has 0 aromatic carbocycles. The summed E-state index contributed by atoms with van der Waals surface area (Å²) in [5.41, 5.74) is 0. The molecule has 17 heavy (non-hydrogen) atoms. The van der Waals surface area contributed by atoms with Crippen molar-refractivity contribution in [3.63, 3.8) is 0 Å². The van der Waals surface area contributed by atoms with Gasteiger partial charge in [0.2, 0.25) is 0 Å². The van der Waals surface area contributed by atoms with Crippen molar-refractivity contribution >= 4 is 12.4 Å². The minimum absolute atomic E-state index is 0.333. The Bertz CT molecular complexity index is 192. The number of carbonyl (C=O) groups excluding carboxylic acids is 2. The molecule has 4 nitrogen and oxygen atoms in total. The van der Waals surface area contributed by atoms with E-state index < -0.39 is 5.97 Å². The summed E-state index contributed by atoms with van der Waals surface area (Å²) in [5, 5.41) is 0. The van der Waals surface area contributed by atoms with Crippen molar-refractivity contribution < 1.29 is 19.1 Å². The number of hydrogen-bond acceptors (Lipinski definition) is 4. The lowest BCUT2D eigenvalue weighted by molar-refractivity contribution is -0.146. The third-order valence-corrected chi connectivity index (χ3v) is 2.51. The van der Waals surface area contributed by atoms with Gasteiger partial charge in [-0.25, -0.2) is 9.59 Å². The molecule has 0 aromatic rings. The maximum absolute atomic E-state index is 10.9. The van der Waals surface area contributed by atoms with Gasteiger partial charge in [0.15, 0.2) is 6.61 Å². The number of esters is 1. The molecule has 0 aromatic heterocycles. The van der Waals surface area contributed by atoms with Gasteiger partial charge in [-0.3, -0.25) is 0 Å². The second-order valence-corrected chi connectivity index (χ2v) is 4.07. The highest BCUT2D eigenvalue weighted by molar-refractivity contribution is 5.71. The molecule has 0 saturated carbocycles. The fourth-order valence-electron chi connectivity index (χ4n) is 1.55. The molecule has 0 heterocycles. The van der Waals surface area contributed by atoms with E-state index >= 15 is 0 Å². The predicted octanol–water partition coefficient (Wildman–Crippen LogP) is 2.75. The van der Waals surface area contributed by atoms with Gasteiger partial charge in [-0.2, -0.15) is 0 Å². The van der Waals surface area contributed by atoms with E-state index in [1.165, 1.54) is 45.0 Å². The molecule has 1 radical (unpaired) electrons. The van der Waals surface area contributed by atoms with Crippen LogP contribution in [0.3, 0.4) is 0 Å². The molecule has 0 aliphatic heterocycles. The third kappa shape index (κ3) is 12.9. The summed E-state index contributed by atoms with van der Waals surface area (Å²) in [4.78, 5) is 20.6. The molecule has 0 spiro atoms. The number of rotatable bonds is 12. The van der Waals surface area contributed by atoms with Crippen LogP contribution in [0.15, 0.2) is 0 Å². The van der Waals surface area contributed by atoms with Crippen LogP contribution in [0.5, 0.6) is 0 Å². The van der Waals surface area contributed by atoms with Crippen LogP contribution >= 0.6 is 0 Å². The first-order chi connectivity index (χ1) is 8.31. The molecule has 0 atom stereocenters. The lowest BCUT2D eigenvalue weighted by atomic mass is 10.1. The van der Waals surface area contributed by atoms with Gasteiger partial charge >= 0.3 is 12.4 Å². The van der Waals surface area contributed by atoms with Crippen molar-refractivity contribution in [1.29, 1.82) is 0 Å². The number of ether oxygens (including phenoxy) is 2. The van der Waals surface area contributed by atoms with E-state index in [4.69, 9.17) is 4.74 Å². The molecule has 0 N–H and O–H groups in total. The summed E-state index contributed by atoms with van der Waals surface area (Å²) in [6, 6.07) is 0. The maximum Gasteiger partial charge on any atom is 0.418 e. The predicted molar refractivity (Wildman–Crippen MR) is 65.2 cm³/mol. The van der Waals surface area contributed by atoms with E-state index in [1.54, 1.807) is 0 Å². The molecular formula is C13H23O4. The molecule has 0 fully saturated rings. The normalized spacial score (nSPS) is 9.94. The molecule has 4 heteroatoms. The lowest BCUT2D eigenvalue weighted by Crippen LogP contribution is -2.12. The number of hydrogen-bond donors (Lipinski definition) is 0.